The Bertz CT molecular complexity index is 1100. The van der Waals surface area contributed by atoms with Crippen molar-refractivity contribution >= 4 is 27.5 Å². The van der Waals surface area contributed by atoms with Crippen LogP contribution in [0.3, 0.4) is 0 Å². The molecule has 0 amide bonds. The lowest BCUT2D eigenvalue weighted by Gasteiger charge is -2.09. The van der Waals surface area contributed by atoms with Crippen molar-refractivity contribution in [3.8, 4) is 16.9 Å². The third-order valence-corrected chi connectivity index (χ3v) is 4.38. The van der Waals surface area contributed by atoms with Gasteiger partial charge in [-0.2, -0.15) is 0 Å². The van der Waals surface area contributed by atoms with Gasteiger partial charge < -0.3 is 9.47 Å². The van der Waals surface area contributed by atoms with E-state index in [9.17, 15) is 4.79 Å². The van der Waals surface area contributed by atoms with Crippen LogP contribution in [0, 0.1) is 0 Å². The molecule has 0 bridgehead atoms. The van der Waals surface area contributed by atoms with Crippen LogP contribution in [0.4, 0.5) is 0 Å². The summed E-state index contributed by atoms with van der Waals surface area (Å²) < 4.78 is 10.0. The van der Waals surface area contributed by atoms with Gasteiger partial charge in [-0.1, -0.05) is 42.5 Å². The van der Waals surface area contributed by atoms with Gasteiger partial charge in [0.15, 0.2) is 6.61 Å². The van der Waals surface area contributed by atoms with Crippen LogP contribution in [0.1, 0.15) is 0 Å². The standard InChI is InChI=1S/C22H17NO3/c1-25-22(24)14-26-19-9-8-15-10-17(7-6-16(15)11-19)21-13-23-12-18-4-2-3-5-20(18)21/h2-13H,14H2,1H3. The third kappa shape index (κ3) is 3.09. The van der Waals surface area contributed by atoms with Gasteiger partial charge in [0, 0.05) is 23.3 Å². The van der Waals surface area contributed by atoms with Crippen molar-refractivity contribution < 1.29 is 14.3 Å². The SMILES string of the molecule is COC(=O)COc1ccc2cc(-c3cncc4ccccc34)ccc2c1. The number of esters is 1. The first-order valence-electron chi connectivity index (χ1n) is 8.31. The molecule has 0 atom stereocenters. The van der Waals surface area contributed by atoms with E-state index in [1.807, 2.05) is 42.7 Å². The van der Waals surface area contributed by atoms with Gasteiger partial charge >= 0.3 is 5.97 Å². The molecule has 0 N–H and O–H groups in total. The molecule has 0 radical (unpaired) electrons. The average molecular weight is 343 g/mol. The van der Waals surface area contributed by atoms with E-state index in [0.717, 1.165) is 27.3 Å². The van der Waals surface area contributed by atoms with E-state index in [2.05, 4.69) is 40.1 Å². The van der Waals surface area contributed by atoms with Crippen LogP contribution in [0.5, 0.6) is 5.75 Å². The fraction of sp³-hybridized carbons (Fsp3) is 0.0909. The second-order valence-corrected chi connectivity index (χ2v) is 6.00. The van der Waals surface area contributed by atoms with Gasteiger partial charge in [0.05, 0.1) is 7.11 Å². The summed E-state index contributed by atoms with van der Waals surface area (Å²) in [5.74, 6) is 0.242. The second kappa shape index (κ2) is 6.84. The summed E-state index contributed by atoms with van der Waals surface area (Å²) in [5, 5.41) is 4.45. The summed E-state index contributed by atoms with van der Waals surface area (Å²) in [5.41, 5.74) is 2.22. The largest absolute Gasteiger partial charge is 0.482 e. The molecule has 0 aliphatic rings. The number of nitrogens with zero attached hydrogens (tertiary/aromatic N) is 1. The van der Waals surface area contributed by atoms with Gasteiger partial charge in [-0.25, -0.2) is 4.79 Å². The third-order valence-electron chi connectivity index (χ3n) is 4.38. The van der Waals surface area contributed by atoms with Gasteiger partial charge in [0.25, 0.3) is 0 Å². The van der Waals surface area contributed by atoms with E-state index >= 15 is 0 Å². The highest BCUT2D eigenvalue weighted by atomic mass is 16.6. The zero-order valence-corrected chi connectivity index (χ0v) is 14.3. The predicted molar refractivity (Wildman–Crippen MR) is 102 cm³/mol. The molecule has 4 nitrogen and oxygen atoms in total. The number of hydrogen-bond donors (Lipinski definition) is 0. The molecule has 26 heavy (non-hydrogen) atoms. The first kappa shape index (κ1) is 16.1. The van der Waals surface area contributed by atoms with Crippen molar-refractivity contribution in [2.75, 3.05) is 13.7 Å². The Morgan fingerprint density at radius 3 is 2.62 bits per heavy atom. The van der Waals surface area contributed by atoms with E-state index in [0.29, 0.717) is 5.75 Å². The van der Waals surface area contributed by atoms with Gasteiger partial charge in [0.2, 0.25) is 0 Å². The maximum absolute atomic E-state index is 11.2. The number of benzene rings is 3. The summed E-state index contributed by atoms with van der Waals surface area (Å²) >= 11 is 0. The van der Waals surface area contributed by atoms with Crippen molar-refractivity contribution in [3.05, 3.63) is 73.1 Å². The first-order chi connectivity index (χ1) is 12.7. The number of pyridine rings is 1. The minimum atomic E-state index is -0.399. The van der Waals surface area contributed by atoms with Crippen molar-refractivity contribution in [1.82, 2.24) is 4.98 Å². The lowest BCUT2D eigenvalue weighted by Crippen LogP contribution is -2.12. The van der Waals surface area contributed by atoms with Gasteiger partial charge in [-0.3, -0.25) is 4.98 Å². The molecular weight excluding hydrogens is 326 g/mol. The van der Waals surface area contributed by atoms with Crippen molar-refractivity contribution in [3.63, 3.8) is 0 Å². The number of aromatic nitrogens is 1. The fourth-order valence-corrected chi connectivity index (χ4v) is 3.03. The minimum Gasteiger partial charge on any atom is -0.482 e. The number of fused-ring (bicyclic) bond motifs is 2. The smallest absolute Gasteiger partial charge is 0.343 e. The topological polar surface area (TPSA) is 48.4 Å². The monoisotopic (exact) mass is 343 g/mol. The van der Waals surface area contributed by atoms with E-state index in [1.165, 1.54) is 12.5 Å². The molecule has 1 heterocycles. The molecule has 1 aromatic heterocycles. The van der Waals surface area contributed by atoms with E-state index < -0.39 is 5.97 Å². The molecule has 0 unspecified atom stereocenters. The van der Waals surface area contributed by atoms with Crippen LogP contribution in [0.25, 0.3) is 32.7 Å². The molecule has 0 aliphatic heterocycles. The maximum Gasteiger partial charge on any atom is 0.343 e. The molecule has 128 valence electrons. The minimum absolute atomic E-state index is 0.0955. The zero-order chi connectivity index (χ0) is 17.9. The predicted octanol–water partition coefficient (Wildman–Crippen LogP) is 4.61. The number of carbonyl (C=O) groups is 1. The fourth-order valence-electron chi connectivity index (χ4n) is 3.03. The highest BCUT2D eigenvalue weighted by Crippen LogP contribution is 2.31. The van der Waals surface area contributed by atoms with Gasteiger partial charge in [-0.05, 0) is 39.9 Å². The molecule has 0 saturated heterocycles. The molecule has 4 heteroatoms. The molecule has 4 aromatic rings. The number of hydrogen-bond acceptors (Lipinski definition) is 4. The lowest BCUT2D eigenvalue weighted by atomic mass is 9.98. The molecule has 0 saturated carbocycles. The number of rotatable bonds is 4. The molecule has 0 fully saturated rings. The van der Waals surface area contributed by atoms with Crippen molar-refractivity contribution in [1.29, 1.82) is 0 Å². The van der Waals surface area contributed by atoms with Crippen molar-refractivity contribution in [2.45, 2.75) is 0 Å². The van der Waals surface area contributed by atoms with E-state index in [4.69, 9.17) is 4.74 Å². The van der Waals surface area contributed by atoms with Gasteiger partial charge in [-0.15, -0.1) is 0 Å². The number of carbonyl (C=O) groups excluding carboxylic acids is 1. The van der Waals surface area contributed by atoms with Crippen LogP contribution in [-0.4, -0.2) is 24.7 Å². The summed E-state index contributed by atoms with van der Waals surface area (Å²) in [7, 11) is 1.34. The Morgan fingerprint density at radius 1 is 0.923 bits per heavy atom. The Labute approximate surface area is 151 Å². The molecular formula is C22H17NO3. The number of ether oxygens (including phenoxy) is 2. The number of methoxy groups -OCH3 is 1. The normalized spacial score (nSPS) is 10.8. The first-order valence-corrected chi connectivity index (χ1v) is 8.31. The lowest BCUT2D eigenvalue weighted by molar-refractivity contribution is -0.142. The summed E-state index contributed by atoms with van der Waals surface area (Å²) in [6.07, 6.45) is 3.78. The molecule has 3 aromatic carbocycles. The Balaban J connectivity index is 1.70. The average Bonchev–Trinajstić information content (AvgIpc) is 2.71. The summed E-state index contributed by atoms with van der Waals surface area (Å²) in [6, 6.07) is 20.3. The molecule has 0 spiro atoms. The highest BCUT2D eigenvalue weighted by Gasteiger charge is 2.07. The Morgan fingerprint density at radius 2 is 1.73 bits per heavy atom. The quantitative estimate of drug-likeness (QED) is 0.508. The Kier molecular flexibility index (Phi) is 4.23. The van der Waals surface area contributed by atoms with Crippen LogP contribution in [0.2, 0.25) is 0 Å². The maximum atomic E-state index is 11.2. The summed E-state index contributed by atoms with van der Waals surface area (Å²) in [6.45, 7) is -0.0955. The Hall–Kier alpha value is -3.40. The van der Waals surface area contributed by atoms with Crippen LogP contribution in [-0.2, 0) is 9.53 Å². The summed E-state index contributed by atoms with van der Waals surface area (Å²) in [4.78, 5) is 15.6. The van der Waals surface area contributed by atoms with E-state index in [1.54, 1.807) is 0 Å². The van der Waals surface area contributed by atoms with Gasteiger partial charge in [0.1, 0.15) is 5.75 Å². The van der Waals surface area contributed by atoms with Crippen molar-refractivity contribution in [2.24, 2.45) is 0 Å². The van der Waals surface area contributed by atoms with E-state index in [-0.39, 0.29) is 6.61 Å². The second-order valence-electron chi connectivity index (χ2n) is 6.00. The molecule has 4 rings (SSSR count). The zero-order valence-electron chi connectivity index (χ0n) is 14.3. The highest BCUT2D eigenvalue weighted by molar-refractivity contribution is 5.98. The van der Waals surface area contributed by atoms with Crippen LogP contribution >= 0.6 is 0 Å². The van der Waals surface area contributed by atoms with Crippen LogP contribution in [0.15, 0.2) is 73.1 Å². The van der Waals surface area contributed by atoms with Crippen LogP contribution < -0.4 is 4.74 Å². The molecule has 0 aliphatic carbocycles.